The summed E-state index contributed by atoms with van der Waals surface area (Å²) in [7, 11) is 1.60. The molecule has 0 aliphatic heterocycles. The van der Waals surface area contributed by atoms with Crippen molar-refractivity contribution in [1.29, 1.82) is 0 Å². The third-order valence-corrected chi connectivity index (χ3v) is 4.27. The summed E-state index contributed by atoms with van der Waals surface area (Å²) in [6.07, 6.45) is 4.74. The summed E-state index contributed by atoms with van der Waals surface area (Å²) in [6, 6.07) is 7.92. The average Bonchev–Trinajstić information content (AvgIpc) is 2.47. The molecule has 2 rings (SSSR count). The van der Waals surface area contributed by atoms with Gasteiger partial charge in [-0.25, -0.2) is 0 Å². The predicted molar refractivity (Wildman–Crippen MR) is 85.7 cm³/mol. The fraction of sp³-hybridized carbons (Fsp3) is 0.588. The second-order valence-corrected chi connectivity index (χ2v) is 6.57. The number of hydrogen-bond acceptors (Lipinski definition) is 3. The fourth-order valence-electron chi connectivity index (χ4n) is 2.78. The molecule has 1 aromatic rings. The van der Waals surface area contributed by atoms with E-state index in [9.17, 15) is 4.79 Å². The van der Waals surface area contributed by atoms with Gasteiger partial charge in [0.15, 0.2) is 0 Å². The molecular weight excluding hydrogens is 264 g/mol. The molecule has 0 unspecified atom stereocenters. The lowest BCUT2D eigenvalue weighted by molar-refractivity contribution is -0.115. The molecule has 1 amide bonds. The zero-order valence-corrected chi connectivity index (χ0v) is 13.2. The van der Waals surface area contributed by atoms with Gasteiger partial charge < -0.3 is 15.4 Å². The second kappa shape index (κ2) is 6.94. The Kier molecular flexibility index (Phi) is 5.23. The van der Waals surface area contributed by atoms with E-state index in [1.54, 1.807) is 7.11 Å². The quantitative estimate of drug-likeness (QED) is 0.875. The van der Waals surface area contributed by atoms with Crippen LogP contribution in [0.5, 0.6) is 5.75 Å². The molecule has 0 heterocycles. The maximum absolute atomic E-state index is 12.0. The van der Waals surface area contributed by atoms with Crippen LogP contribution in [0.15, 0.2) is 24.3 Å². The normalized spacial score (nSPS) is 18.2. The van der Waals surface area contributed by atoms with Crippen LogP contribution in [-0.4, -0.2) is 25.6 Å². The number of ether oxygens (including phenoxy) is 1. The molecule has 0 spiro atoms. The van der Waals surface area contributed by atoms with Crippen LogP contribution >= 0.6 is 0 Å². The average molecular weight is 290 g/mol. The number of rotatable bonds is 5. The zero-order chi connectivity index (χ0) is 15.3. The first-order chi connectivity index (χ1) is 10.00. The molecule has 4 nitrogen and oxygen atoms in total. The van der Waals surface area contributed by atoms with Crippen molar-refractivity contribution >= 4 is 11.6 Å². The number of benzene rings is 1. The van der Waals surface area contributed by atoms with E-state index in [0.29, 0.717) is 23.8 Å². The van der Waals surface area contributed by atoms with Gasteiger partial charge in [0.1, 0.15) is 5.75 Å². The van der Waals surface area contributed by atoms with Crippen LogP contribution in [0.2, 0.25) is 0 Å². The first-order valence-electron chi connectivity index (χ1n) is 7.66. The van der Waals surface area contributed by atoms with Gasteiger partial charge in [0.2, 0.25) is 5.91 Å². The van der Waals surface area contributed by atoms with E-state index in [2.05, 4.69) is 24.5 Å². The van der Waals surface area contributed by atoms with Crippen LogP contribution in [0.1, 0.15) is 39.5 Å². The van der Waals surface area contributed by atoms with Gasteiger partial charge in [-0.3, -0.25) is 4.79 Å². The summed E-state index contributed by atoms with van der Waals surface area (Å²) in [6.45, 7) is 4.98. The standard InChI is InChI=1S/C17H26N2O2/c1-17(2)10-8-13(9-11-17)18-12-16(20)19-14-6-4-5-7-15(14)21-3/h4-7,13,18H,8-12H2,1-3H3,(H,19,20). The molecule has 0 saturated heterocycles. The SMILES string of the molecule is COc1ccccc1NC(=O)CNC1CCC(C)(C)CC1. The third-order valence-electron chi connectivity index (χ3n) is 4.27. The lowest BCUT2D eigenvalue weighted by Crippen LogP contribution is -2.39. The van der Waals surface area contributed by atoms with Gasteiger partial charge in [-0.15, -0.1) is 0 Å². The minimum absolute atomic E-state index is 0.0238. The van der Waals surface area contributed by atoms with Crippen LogP contribution in [0.4, 0.5) is 5.69 Å². The maximum atomic E-state index is 12.0. The molecule has 0 atom stereocenters. The van der Waals surface area contributed by atoms with E-state index in [1.165, 1.54) is 12.8 Å². The minimum atomic E-state index is -0.0238. The molecule has 4 heteroatoms. The molecule has 1 aromatic carbocycles. The first-order valence-corrected chi connectivity index (χ1v) is 7.66. The Morgan fingerprint density at radius 1 is 1.29 bits per heavy atom. The smallest absolute Gasteiger partial charge is 0.238 e. The van der Waals surface area contributed by atoms with Crippen molar-refractivity contribution in [1.82, 2.24) is 5.32 Å². The van der Waals surface area contributed by atoms with Gasteiger partial charge in [-0.1, -0.05) is 26.0 Å². The van der Waals surface area contributed by atoms with Gasteiger partial charge in [-0.2, -0.15) is 0 Å². The van der Waals surface area contributed by atoms with Crippen molar-refractivity contribution in [3.63, 3.8) is 0 Å². The van der Waals surface area contributed by atoms with E-state index < -0.39 is 0 Å². The number of para-hydroxylation sites is 2. The van der Waals surface area contributed by atoms with Crippen molar-refractivity contribution in [3.8, 4) is 5.75 Å². The molecule has 0 radical (unpaired) electrons. The second-order valence-electron chi connectivity index (χ2n) is 6.57. The summed E-state index contributed by atoms with van der Waals surface area (Å²) < 4.78 is 5.23. The number of anilines is 1. The Balaban J connectivity index is 1.78. The number of carbonyl (C=O) groups is 1. The lowest BCUT2D eigenvalue weighted by atomic mass is 9.75. The van der Waals surface area contributed by atoms with E-state index in [4.69, 9.17) is 4.74 Å². The van der Waals surface area contributed by atoms with Crippen LogP contribution < -0.4 is 15.4 Å². The number of hydrogen-bond donors (Lipinski definition) is 2. The van der Waals surface area contributed by atoms with Gasteiger partial charge in [0, 0.05) is 6.04 Å². The first kappa shape index (κ1) is 15.8. The van der Waals surface area contributed by atoms with Crippen LogP contribution in [0, 0.1) is 5.41 Å². The highest BCUT2D eigenvalue weighted by Crippen LogP contribution is 2.34. The zero-order valence-electron chi connectivity index (χ0n) is 13.2. The summed E-state index contributed by atoms with van der Waals surface area (Å²) in [5, 5.41) is 6.25. The lowest BCUT2D eigenvalue weighted by Gasteiger charge is -2.34. The molecule has 0 aromatic heterocycles. The summed E-state index contributed by atoms with van der Waals surface area (Å²) in [4.78, 5) is 12.0. The molecule has 1 saturated carbocycles. The summed E-state index contributed by atoms with van der Waals surface area (Å²) >= 11 is 0. The van der Waals surface area contributed by atoms with Crippen LogP contribution in [-0.2, 0) is 4.79 Å². The van der Waals surface area contributed by atoms with Crippen molar-refractivity contribution in [2.45, 2.75) is 45.6 Å². The van der Waals surface area contributed by atoms with Crippen molar-refractivity contribution in [2.24, 2.45) is 5.41 Å². The topological polar surface area (TPSA) is 50.4 Å². The van der Waals surface area contributed by atoms with Gasteiger partial charge >= 0.3 is 0 Å². The molecule has 2 N–H and O–H groups in total. The molecule has 0 bridgehead atoms. The highest BCUT2D eigenvalue weighted by Gasteiger charge is 2.26. The van der Waals surface area contributed by atoms with E-state index in [0.717, 1.165) is 18.5 Å². The third kappa shape index (κ3) is 4.74. The van der Waals surface area contributed by atoms with Gasteiger partial charge in [-0.05, 0) is 43.2 Å². The minimum Gasteiger partial charge on any atom is -0.495 e. The molecule has 1 fully saturated rings. The van der Waals surface area contributed by atoms with Crippen LogP contribution in [0.3, 0.4) is 0 Å². The summed E-state index contributed by atoms with van der Waals surface area (Å²) in [5.41, 5.74) is 1.18. The number of carbonyl (C=O) groups excluding carboxylic acids is 1. The van der Waals surface area contributed by atoms with Crippen molar-refractivity contribution in [2.75, 3.05) is 19.0 Å². The van der Waals surface area contributed by atoms with E-state index in [1.807, 2.05) is 24.3 Å². The fourth-order valence-corrected chi connectivity index (χ4v) is 2.78. The number of methoxy groups -OCH3 is 1. The largest absolute Gasteiger partial charge is 0.495 e. The maximum Gasteiger partial charge on any atom is 0.238 e. The number of nitrogens with one attached hydrogen (secondary N) is 2. The monoisotopic (exact) mass is 290 g/mol. The van der Waals surface area contributed by atoms with Gasteiger partial charge in [0.05, 0.1) is 19.3 Å². The van der Waals surface area contributed by atoms with Crippen molar-refractivity contribution < 1.29 is 9.53 Å². The Bertz CT molecular complexity index is 475. The molecule has 116 valence electrons. The highest BCUT2D eigenvalue weighted by molar-refractivity contribution is 5.93. The molecule has 21 heavy (non-hydrogen) atoms. The molecule has 1 aliphatic rings. The Labute approximate surface area is 127 Å². The Hall–Kier alpha value is -1.55. The number of amides is 1. The van der Waals surface area contributed by atoms with Crippen LogP contribution in [0.25, 0.3) is 0 Å². The van der Waals surface area contributed by atoms with Crippen molar-refractivity contribution in [3.05, 3.63) is 24.3 Å². The van der Waals surface area contributed by atoms with E-state index >= 15 is 0 Å². The highest BCUT2D eigenvalue weighted by atomic mass is 16.5. The Morgan fingerprint density at radius 2 is 1.95 bits per heavy atom. The van der Waals surface area contributed by atoms with E-state index in [-0.39, 0.29) is 5.91 Å². The predicted octanol–water partition coefficient (Wildman–Crippen LogP) is 3.19. The molecular formula is C17H26N2O2. The molecule has 1 aliphatic carbocycles. The summed E-state index contributed by atoms with van der Waals surface area (Å²) in [5.74, 6) is 0.662. The van der Waals surface area contributed by atoms with Gasteiger partial charge in [0.25, 0.3) is 0 Å². The Morgan fingerprint density at radius 3 is 2.62 bits per heavy atom.